The van der Waals surface area contributed by atoms with Crippen molar-refractivity contribution in [1.29, 1.82) is 0 Å². The van der Waals surface area contributed by atoms with Gasteiger partial charge in [-0.3, -0.25) is 0 Å². The summed E-state index contributed by atoms with van der Waals surface area (Å²) >= 11 is 0. The van der Waals surface area contributed by atoms with Gasteiger partial charge >= 0.3 is 5.97 Å². The summed E-state index contributed by atoms with van der Waals surface area (Å²) in [5.74, 6) is 0.367. The van der Waals surface area contributed by atoms with Gasteiger partial charge in [0.25, 0.3) is 0 Å². The van der Waals surface area contributed by atoms with Gasteiger partial charge in [0.05, 0.1) is 13.2 Å². The van der Waals surface area contributed by atoms with Crippen LogP contribution in [0.2, 0.25) is 0 Å². The monoisotopic (exact) mass is 374 g/mol. The second kappa shape index (κ2) is 10.2. The first-order chi connectivity index (χ1) is 13.0. The Morgan fingerprint density at radius 1 is 1.07 bits per heavy atom. The molecular formula is C21H23FO5. The fourth-order valence-electron chi connectivity index (χ4n) is 2.21. The molecule has 2 aromatic rings. The van der Waals surface area contributed by atoms with Crippen LogP contribution in [0.5, 0.6) is 17.2 Å². The number of esters is 1. The number of benzene rings is 2. The zero-order valence-corrected chi connectivity index (χ0v) is 15.6. The first-order valence-corrected chi connectivity index (χ1v) is 8.56. The first kappa shape index (κ1) is 20.3. The van der Waals surface area contributed by atoms with Crippen LogP contribution in [0.4, 0.5) is 4.39 Å². The number of carbonyl (C=O) groups excluding carboxylic acids is 1. The molecule has 144 valence electrons. The van der Waals surface area contributed by atoms with Crippen molar-refractivity contribution in [2.75, 3.05) is 20.3 Å². The van der Waals surface area contributed by atoms with Crippen LogP contribution in [0.15, 0.2) is 48.5 Å². The number of halogens is 1. The third-order valence-electron chi connectivity index (χ3n) is 3.38. The number of ether oxygens (including phenoxy) is 4. The van der Waals surface area contributed by atoms with E-state index in [4.69, 9.17) is 18.9 Å². The van der Waals surface area contributed by atoms with E-state index in [1.807, 2.05) is 19.9 Å². The predicted molar refractivity (Wildman–Crippen MR) is 101 cm³/mol. The van der Waals surface area contributed by atoms with Crippen molar-refractivity contribution in [3.8, 4) is 17.2 Å². The minimum absolute atomic E-state index is 0.0159. The number of carbonyl (C=O) groups is 1. The average molecular weight is 374 g/mol. The van der Waals surface area contributed by atoms with Crippen molar-refractivity contribution in [3.63, 3.8) is 0 Å². The molecule has 0 saturated heterocycles. The molecule has 0 amide bonds. The molecule has 0 atom stereocenters. The molecule has 0 aromatic heterocycles. The Bertz CT molecular complexity index is 786. The summed E-state index contributed by atoms with van der Waals surface area (Å²) in [5, 5.41) is 0. The van der Waals surface area contributed by atoms with Gasteiger partial charge in [0.2, 0.25) is 0 Å². The van der Waals surface area contributed by atoms with Gasteiger partial charge in [-0.05, 0) is 49.8 Å². The lowest BCUT2D eigenvalue weighted by Gasteiger charge is -2.13. The van der Waals surface area contributed by atoms with Gasteiger partial charge in [-0.2, -0.15) is 0 Å². The molecule has 5 nitrogen and oxygen atoms in total. The van der Waals surface area contributed by atoms with Crippen LogP contribution in [0.3, 0.4) is 0 Å². The molecule has 0 unspecified atom stereocenters. The van der Waals surface area contributed by atoms with Crippen molar-refractivity contribution in [3.05, 3.63) is 59.9 Å². The Morgan fingerprint density at radius 2 is 1.85 bits per heavy atom. The molecular weight excluding hydrogens is 351 g/mol. The van der Waals surface area contributed by atoms with Crippen LogP contribution < -0.4 is 14.2 Å². The summed E-state index contributed by atoms with van der Waals surface area (Å²) in [6.07, 6.45) is 2.95. The van der Waals surface area contributed by atoms with Gasteiger partial charge in [0.15, 0.2) is 23.1 Å². The van der Waals surface area contributed by atoms with Gasteiger partial charge < -0.3 is 18.9 Å². The fraction of sp³-hybridized carbons (Fsp3) is 0.286. The summed E-state index contributed by atoms with van der Waals surface area (Å²) < 4.78 is 34.6. The van der Waals surface area contributed by atoms with Crippen molar-refractivity contribution in [2.24, 2.45) is 0 Å². The summed E-state index contributed by atoms with van der Waals surface area (Å²) in [7, 11) is 1.56. The summed E-state index contributed by atoms with van der Waals surface area (Å²) in [6.45, 7) is 3.94. The lowest BCUT2D eigenvalue weighted by Crippen LogP contribution is -2.10. The molecule has 0 bridgehead atoms. The molecule has 0 aliphatic carbocycles. The number of rotatable bonds is 9. The van der Waals surface area contributed by atoms with Crippen LogP contribution in [-0.2, 0) is 9.53 Å². The highest BCUT2D eigenvalue weighted by Gasteiger charge is 2.07. The molecule has 6 heteroatoms. The molecule has 0 spiro atoms. The molecule has 27 heavy (non-hydrogen) atoms. The van der Waals surface area contributed by atoms with E-state index in [-0.39, 0.29) is 25.1 Å². The molecule has 0 saturated carbocycles. The highest BCUT2D eigenvalue weighted by Crippen LogP contribution is 2.29. The first-order valence-electron chi connectivity index (χ1n) is 8.56. The molecule has 0 radical (unpaired) electrons. The van der Waals surface area contributed by atoms with E-state index in [9.17, 15) is 9.18 Å². The predicted octanol–water partition coefficient (Wildman–Crippen LogP) is 4.26. The number of hydrogen-bond donors (Lipinski definition) is 0. The Hall–Kier alpha value is -3.02. The van der Waals surface area contributed by atoms with E-state index in [0.29, 0.717) is 11.5 Å². The van der Waals surface area contributed by atoms with Crippen molar-refractivity contribution in [2.45, 2.75) is 20.0 Å². The maximum absolute atomic E-state index is 13.4. The third kappa shape index (κ3) is 6.66. The standard InChI is InChI=1S/C21H23FO5/c1-15(2)27-19-10-8-16(14-20(19)24-3)9-11-21(23)26-13-12-25-18-7-5-4-6-17(18)22/h4-11,14-15H,12-13H2,1-3H3/b11-9+. The maximum Gasteiger partial charge on any atom is 0.330 e. The van der Waals surface area contributed by atoms with E-state index in [1.165, 1.54) is 18.2 Å². The topological polar surface area (TPSA) is 54.0 Å². The third-order valence-corrected chi connectivity index (χ3v) is 3.38. The summed E-state index contributed by atoms with van der Waals surface area (Å²) in [5.41, 5.74) is 0.766. The highest BCUT2D eigenvalue weighted by atomic mass is 19.1. The fourth-order valence-corrected chi connectivity index (χ4v) is 2.21. The second-order valence-electron chi connectivity index (χ2n) is 5.86. The molecule has 0 aliphatic rings. The smallest absolute Gasteiger partial charge is 0.330 e. The van der Waals surface area contributed by atoms with Crippen LogP contribution >= 0.6 is 0 Å². The maximum atomic E-state index is 13.4. The minimum atomic E-state index is -0.520. The van der Waals surface area contributed by atoms with Crippen LogP contribution in [-0.4, -0.2) is 32.4 Å². The van der Waals surface area contributed by atoms with E-state index in [0.717, 1.165) is 5.56 Å². The average Bonchev–Trinajstić information content (AvgIpc) is 2.65. The van der Waals surface area contributed by atoms with Gasteiger partial charge in [-0.15, -0.1) is 0 Å². The number of hydrogen-bond acceptors (Lipinski definition) is 5. The van der Waals surface area contributed by atoms with Gasteiger partial charge in [-0.1, -0.05) is 18.2 Å². The number of para-hydroxylation sites is 1. The molecule has 0 N–H and O–H groups in total. The van der Waals surface area contributed by atoms with Gasteiger partial charge in [0.1, 0.15) is 13.2 Å². The Balaban J connectivity index is 1.82. The lowest BCUT2D eigenvalue weighted by atomic mass is 10.2. The van der Waals surface area contributed by atoms with Crippen LogP contribution in [0.25, 0.3) is 6.08 Å². The normalized spacial score (nSPS) is 10.9. The van der Waals surface area contributed by atoms with E-state index >= 15 is 0 Å². The van der Waals surface area contributed by atoms with Crippen LogP contribution in [0, 0.1) is 5.82 Å². The molecule has 2 rings (SSSR count). The minimum Gasteiger partial charge on any atom is -0.493 e. The van der Waals surface area contributed by atoms with Crippen molar-refractivity contribution in [1.82, 2.24) is 0 Å². The Labute approximate surface area is 158 Å². The number of methoxy groups -OCH3 is 1. The summed E-state index contributed by atoms with van der Waals surface area (Å²) in [6, 6.07) is 11.4. The lowest BCUT2D eigenvalue weighted by molar-refractivity contribution is -0.138. The Morgan fingerprint density at radius 3 is 2.56 bits per heavy atom. The quantitative estimate of drug-likeness (QED) is 0.373. The largest absolute Gasteiger partial charge is 0.493 e. The zero-order valence-electron chi connectivity index (χ0n) is 15.6. The van der Waals surface area contributed by atoms with E-state index < -0.39 is 11.8 Å². The van der Waals surface area contributed by atoms with Gasteiger partial charge in [-0.25, -0.2) is 9.18 Å². The van der Waals surface area contributed by atoms with E-state index in [2.05, 4.69) is 0 Å². The van der Waals surface area contributed by atoms with Crippen molar-refractivity contribution < 1.29 is 28.1 Å². The SMILES string of the molecule is COc1cc(/C=C/C(=O)OCCOc2ccccc2F)ccc1OC(C)C. The van der Waals surface area contributed by atoms with Crippen LogP contribution in [0.1, 0.15) is 19.4 Å². The molecule has 0 heterocycles. The molecule has 0 fully saturated rings. The second-order valence-corrected chi connectivity index (χ2v) is 5.86. The molecule has 0 aliphatic heterocycles. The highest BCUT2D eigenvalue weighted by molar-refractivity contribution is 5.87. The molecule has 2 aromatic carbocycles. The zero-order chi connectivity index (χ0) is 19.6. The van der Waals surface area contributed by atoms with E-state index in [1.54, 1.807) is 37.5 Å². The Kier molecular flexibility index (Phi) is 7.67. The van der Waals surface area contributed by atoms with Crippen molar-refractivity contribution >= 4 is 12.0 Å². The van der Waals surface area contributed by atoms with Gasteiger partial charge in [0, 0.05) is 6.08 Å². The summed E-state index contributed by atoms with van der Waals surface area (Å²) in [4.78, 5) is 11.8.